The molecule has 0 spiro atoms. The zero-order valence-electron chi connectivity index (χ0n) is 19.7. The number of Topliss-reactive ketones (excluding diaryl/α,β-unsaturated/α-hetero) is 2. The summed E-state index contributed by atoms with van der Waals surface area (Å²) in [4.78, 5) is 48.0. The second-order valence-electron chi connectivity index (χ2n) is 10.5. The predicted octanol–water partition coefficient (Wildman–Crippen LogP) is -0.533. The molecule has 0 saturated heterocycles. The molecule has 180 valence electrons. The van der Waals surface area contributed by atoms with Crippen molar-refractivity contribution in [2.45, 2.75) is 38.4 Å². The lowest BCUT2D eigenvalue weighted by molar-refractivity contribution is -0.873. The summed E-state index contributed by atoms with van der Waals surface area (Å²) in [5.74, 6) is -7.57. The number of nitrogens with zero attached hydrogens (tertiary/aromatic N) is 2. The van der Waals surface area contributed by atoms with E-state index in [4.69, 9.17) is 0 Å². The van der Waals surface area contributed by atoms with Crippen LogP contribution in [0.4, 0.5) is 0 Å². The smallest absolute Gasteiger partial charge is 0.316 e. The maximum Gasteiger partial charge on any atom is 0.316 e. The number of likely N-dealkylation sites (N-methyl/N-ethyl adjacent to an activating group) is 2. The van der Waals surface area contributed by atoms with Crippen molar-refractivity contribution in [2.24, 2.45) is 17.8 Å². The molecule has 0 aromatic carbocycles. The summed E-state index contributed by atoms with van der Waals surface area (Å²) in [5, 5.41) is 39.2. The Balaban J connectivity index is 5.01. The Kier molecular flexibility index (Phi) is 11.0. The lowest BCUT2D eigenvalue weighted by Crippen LogP contribution is -2.48. The zero-order valence-corrected chi connectivity index (χ0v) is 19.7. The number of ketones is 2. The Morgan fingerprint density at radius 1 is 0.710 bits per heavy atom. The quantitative estimate of drug-likeness (QED) is 0.193. The number of carbonyl (C=O) groups is 4. The van der Waals surface area contributed by atoms with E-state index < -0.39 is 47.5 Å². The van der Waals surface area contributed by atoms with Crippen LogP contribution in [-0.2, 0) is 19.2 Å². The van der Waals surface area contributed by atoms with Gasteiger partial charge in [0, 0.05) is 12.8 Å². The number of aliphatic hydroxyl groups is 2. The fraction of sp³-hybridized carbons (Fsp3) is 0.810. The number of quaternary nitrogens is 2. The van der Waals surface area contributed by atoms with Crippen molar-refractivity contribution in [2.75, 3.05) is 55.4 Å². The van der Waals surface area contributed by atoms with Gasteiger partial charge >= 0.3 is 11.9 Å². The Hall–Kier alpha value is -1.88. The maximum atomic E-state index is 12.5. The van der Waals surface area contributed by atoms with E-state index in [1.165, 1.54) is 0 Å². The van der Waals surface area contributed by atoms with Crippen LogP contribution in [0.5, 0.6) is 0 Å². The van der Waals surface area contributed by atoms with Gasteiger partial charge in [0.25, 0.3) is 0 Å². The number of rotatable bonds is 15. The summed E-state index contributed by atoms with van der Waals surface area (Å²) in [6.45, 7) is 1.83. The van der Waals surface area contributed by atoms with E-state index in [2.05, 4.69) is 0 Å². The van der Waals surface area contributed by atoms with E-state index >= 15 is 0 Å². The largest absolute Gasteiger partial charge is 0.481 e. The molecule has 0 aliphatic carbocycles. The molecule has 0 aliphatic heterocycles. The minimum atomic E-state index is -1.56. The van der Waals surface area contributed by atoms with Crippen LogP contribution in [0, 0.1) is 17.8 Å². The van der Waals surface area contributed by atoms with Crippen LogP contribution in [0.2, 0.25) is 0 Å². The van der Waals surface area contributed by atoms with Crippen LogP contribution in [0.25, 0.3) is 0 Å². The van der Waals surface area contributed by atoms with Crippen LogP contribution in [0.3, 0.4) is 0 Å². The van der Waals surface area contributed by atoms with Crippen LogP contribution in [0.1, 0.15) is 26.2 Å². The Morgan fingerprint density at radius 3 is 1.39 bits per heavy atom. The van der Waals surface area contributed by atoms with Gasteiger partial charge in [0.1, 0.15) is 48.7 Å². The van der Waals surface area contributed by atoms with E-state index in [-0.39, 0.29) is 47.2 Å². The number of carboxylic acids is 2. The second kappa shape index (κ2) is 11.7. The monoisotopic (exact) mass is 448 g/mol. The number of aliphatic hydroxyl groups excluding tert-OH is 2. The minimum Gasteiger partial charge on any atom is -0.481 e. The first-order valence-corrected chi connectivity index (χ1v) is 10.3. The Bertz CT molecular complexity index is 651. The van der Waals surface area contributed by atoms with Crippen LogP contribution in [0.15, 0.2) is 0 Å². The highest BCUT2D eigenvalue weighted by Crippen LogP contribution is 2.20. The van der Waals surface area contributed by atoms with Gasteiger partial charge in [-0.15, -0.1) is 0 Å². The first kappa shape index (κ1) is 29.1. The molecule has 0 amide bonds. The summed E-state index contributed by atoms with van der Waals surface area (Å²) in [6.07, 6.45) is -2.83. The fourth-order valence-corrected chi connectivity index (χ4v) is 3.48. The number of carbonyl (C=O) groups excluding carboxylic acids is 2. The predicted molar refractivity (Wildman–Crippen MR) is 113 cm³/mol. The zero-order chi connectivity index (χ0) is 24.7. The highest BCUT2D eigenvalue weighted by molar-refractivity contribution is 5.99. The van der Waals surface area contributed by atoms with Crippen molar-refractivity contribution in [1.82, 2.24) is 0 Å². The molecule has 31 heavy (non-hydrogen) atoms. The number of aliphatic carboxylic acids is 2. The van der Waals surface area contributed by atoms with Gasteiger partial charge in [-0.1, -0.05) is 6.92 Å². The third-order valence-corrected chi connectivity index (χ3v) is 4.90. The summed E-state index contributed by atoms with van der Waals surface area (Å²) in [7, 11) is 10.6. The number of hydrogen-bond donors (Lipinski definition) is 4. The van der Waals surface area contributed by atoms with Crippen LogP contribution in [-0.4, -0.2) is 120 Å². The van der Waals surface area contributed by atoms with Crippen molar-refractivity contribution in [3.63, 3.8) is 0 Å². The molecule has 0 rings (SSSR count). The van der Waals surface area contributed by atoms with Gasteiger partial charge in [-0.2, -0.15) is 0 Å². The second-order valence-corrected chi connectivity index (χ2v) is 10.5. The Morgan fingerprint density at radius 2 is 1.06 bits per heavy atom. The average molecular weight is 449 g/mol. The highest BCUT2D eigenvalue weighted by atomic mass is 16.4. The summed E-state index contributed by atoms with van der Waals surface area (Å²) < 4.78 is 0.573. The molecule has 0 aliphatic rings. The van der Waals surface area contributed by atoms with Gasteiger partial charge in [0.2, 0.25) is 0 Å². The summed E-state index contributed by atoms with van der Waals surface area (Å²) in [6, 6.07) is 0. The number of carboxylic acid groups (broad SMARTS) is 2. The summed E-state index contributed by atoms with van der Waals surface area (Å²) in [5.41, 5.74) is 0. The molecule has 0 bridgehead atoms. The molecule has 10 heteroatoms. The lowest BCUT2D eigenvalue weighted by atomic mass is 9.86. The molecule has 4 N–H and O–H groups in total. The highest BCUT2D eigenvalue weighted by Gasteiger charge is 2.38. The lowest BCUT2D eigenvalue weighted by Gasteiger charge is -2.29. The standard InChI is InChI=1S/C21H38N2O8/c1-13(10-15(25)19(21(30)31)17(27)12-23(5,6)7)8-9-14(24)18(20(28)29)16(26)11-22(2,3)4/h13,16-19,26-27H,8-12H2,1-7H3/p+2. The molecular weight excluding hydrogens is 408 g/mol. The first-order valence-electron chi connectivity index (χ1n) is 10.3. The van der Waals surface area contributed by atoms with E-state index in [0.29, 0.717) is 0 Å². The molecule has 0 radical (unpaired) electrons. The summed E-state index contributed by atoms with van der Waals surface area (Å²) >= 11 is 0. The van der Waals surface area contributed by atoms with E-state index in [0.717, 1.165) is 0 Å². The van der Waals surface area contributed by atoms with Gasteiger partial charge in [0.15, 0.2) is 0 Å². The van der Waals surface area contributed by atoms with Gasteiger partial charge in [-0.25, -0.2) is 0 Å². The number of hydrogen-bond acceptors (Lipinski definition) is 6. The molecule has 5 atom stereocenters. The molecular formula is C21H40N2O8+2. The molecule has 0 aromatic heterocycles. The van der Waals surface area contributed by atoms with Crippen LogP contribution < -0.4 is 0 Å². The topological polar surface area (TPSA) is 149 Å². The first-order chi connectivity index (χ1) is 13.9. The molecule has 0 heterocycles. The molecule has 0 saturated carbocycles. The fourth-order valence-electron chi connectivity index (χ4n) is 3.48. The van der Waals surface area contributed by atoms with Crippen molar-refractivity contribution in [3.05, 3.63) is 0 Å². The van der Waals surface area contributed by atoms with E-state index in [1.807, 2.05) is 0 Å². The van der Waals surface area contributed by atoms with Crippen molar-refractivity contribution in [3.8, 4) is 0 Å². The Labute approximate surface area is 184 Å². The molecule has 5 unspecified atom stereocenters. The van der Waals surface area contributed by atoms with Gasteiger partial charge in [-0.3, -0.25) is 19.2 Å². The van der Waals surface area contributed by atoms with Crippen LogP contribution >= 0.6 is 0 Å². The van der Waals surface area contributed by atoms with Crippen molar-refractivity contribution in [1.29, 1.82) is 0 Å². The normalized spacial score (nSPS) is 17.3. The van der Waals surface area contributed by atoms with Gasteiger partial charge < -0.3 is 29.4 Å². The minimum absolute atomic E-state index is 0.0834. The average Bonchev–Trinajstić information content (AvgIpc) is 2.48. The SMILES string of the molecule is CC(CCC(=O)C(C(=O)O)C(O)C[N+](C)(C)C)CC(=O)C(C(=O)O)C(O)C[N+](C)(C)C. The van der Waals surface area contributed by atoms with Crippen molar-refractivity contribution >= 4 is 23.5 Å². The van der Waals surface area contributed by atoms with E-state index in [9.17, 15) is 39.6 Å². The van der Waals surface area contributed by atoms with Gasteiger partial charge in [-0.05, 0) is 12.3 Å². The van der Waals surface area contributed by atoms with E-state index in [1.54, 1.807) is 49.2 Å². The van der Waals surface area contributed by atoms with Gasteiger partial charge in [0.05, 0.1) is 42.3 Å². The molecule has 0 aromatic rings. The third kappa shape index (κ3) is 11.3. The maximum absolute atomic E-state index is 12.5. The third-order valence-electron chi connectivity index (χ3n) is 4.90. The van der Waals surface area contributed by atoms with Crippen molar-refractivity contribution < 1.29 is 48.6 Å². The molecule has 10 nitrogen and oxygen atoms in total. The molecule has 0 fully saturated rings.